The van der Waals surface area contributed by atoms with Crippen LogP contribution in [0.4, 0.5) is 0 Å². The lowest BCUT2D eigenvalue weighted by Gasteiger charge is -2.46. The number of carbonyl (C=O) groups excluding carboxylic acids is 1. The quantitative estimate of drug-likeness (QED) is 0.0204. The number of ether oxygens (including phenoxy) is 4. The lowest BCUT2D eigenvalue weighted by atomic mass is 9.97. The van der Waals surface area contributed by atoms with Crippen molar-refractivity contribution in [2.45, 2.75) is 434 Å². The molecule has 2 heterocycles. The summed E-state index contributed by atoms with van der Waals surface area (Å²) in [5.41, 5.74) is 0. The molecule has 2 saturated heterocycles. The largest absolute Gasteiger partial charge is 0.394 e. The van der Waals surface area contributed by atoms with E-state index in [1.54, 1.807) is 6.08 Å². The van der Waals surface area contributed by atoms with Crippen molar-refractivity contribution in [2.24, 2.45) is 0 Å². The highest BCUT2D eigenvalue weighted by Gasteiger charge is 2.51. The van der Waals surface area contributed by atoms with Gasteiger partial charge in [-0.25, -0.2) is 0 Å². The van der Waals surface area contributed by atoms with Crippen LogP contribution in [-0.2, 0) is 23.7 Å². The fourth-order valence-corrected chi connectivity index (χ4v) is 13.5. The van der Waals surface area contributed by atoms with E-state index in [1.807, 2.05) is 6.08 Å². The molecule has 12 unspecified atom stereocenters. The standard InChI is InChI=1S/C86H155NO13/c1-3-5-7-9-11-13-15-17-19-21-23-25-27-29-31-33-34-35-36-37-38-39-40-42-44-46-48-50-52-54-56-58-60-62-64-66-68-70-78(91)87-74(73-97-85-83(96)81(94)84(77(72-89)99-85)100-86-82(95)80(93)79(92)76(71-88)98-86)75(90)69-67-65-63-61-59-57-55-53-51-49-47-45-43-41-32-30-28-26-24-22-20-18-16-14-12-10-8-6-4-2/h5,7,11,13,17,19,23,25,29,31,59,61,67,69,74-77,79-86,88-90,92-96H,3-4,6,8-10,12,14-16,18,20-22,24,26-28,30,32-58,60,62-66,68,70-73H2,1-2H3,(H,87,91)/b7-5-,13-11-,19-17-,25-23-,31-29-,61-59+,69-67+. The van der Waals surface area contributed by atoms with Crippen LogP contribution in [0.3, 0.4) is 0 Å². The fourth-order valence-electron chi connectivity index (χ4n) is 13.5. The Morgan fingerprint density at radius 1 is 0.370 bits per heavy atom. The van der Waals surface area contributed by atoms with Gasteiger partial charge in [-0.05, 0) is 77.0 Å². The highest BCUT2D eigenvalue weighted by Crippen LogP contribution is 2.30. The van der Waals surface area contributed by atoms with E-state index in [-0.39, 0.29) is 18.9 Å². The van der Waals surface area contributed by atoms with Crippen molar-refractivity contribution in [2.75, 3.05) is 19.8 Å². The predicted molar refractivity (Wildman–Crippen MR) is 415 cm³/mol. The fraction of sp³-hybridized carbons (Fsp3) is 0.826. The van der Waals surface area contributed by atoms with Crippen molar-refractivity contribution in [1.82, 2.24) is 5.32 Å². The van der Waals surface area contributed by atoms with Crippen LogP contribution in [0.2, 0.25) is 0 Å². The van der Waals surface area contributed by atoms with Crippen LogP contribution < -0.4 is 5.32 Å². The Hall–Kier alpha value is -2.83. The number of carbonyl (C=O) groups is 1. The lowest BCUT2D eigenvalue weighted by Crippen LogP contribution is -2.65. The summed E-state index contributed by atoms with van der Waals surface area (Å²) in [5, 5.41) is 87.7. The minimum atomic E-state index is -1.79. The monoisotopic (exact) mass is 1410 g/mol. The van der Waals surface area contributed by atoms with Crippen LogP contribution in [0, 0.1) is 0 Å². The molecule has 0 aliphatic carbocycles. The number of amides is 1. The van der Waals surface area contributed by atoms with Gasteiger partial charge in [0.2, 0.25) is 5.91 Å². The molecule has 9 N–H and O–H groups in total. The van der Waals surface area contributed by atoms with Crippen molar-refractivity contribution in [3.05, 3.63) is 85.1 Å². The van der Waals surface area contributed by atoms with Gasteiger partial charge in [-0.3, -0.25) is 4.79 Å². The van der Waals surface area contributed by atoms with Gasteiger partial charge in [0.1, 0.15) is 48.8 Å². The van der Waals surface area contributed by atoms with E-state index in [9.17, 15) is 45.6 Å². The average molecular weight is 1410 g/mol. The minimum absolute atomic E-state index is 0.244. The maximum atomic E-state index is 13.4. The predicted octanol–water partition coefficient (Wildman–Crippen LogP) is 19.5. The zero-order valence-corrected chi connectivity index (χ0v) is 63.9. The molecule has 100 heavy (non-hydrogen) atoms. The van der Waals surface area contributed by atoms with Crippen LogP contribution in [0.15, 0.2) is 85.1 Å². The molecule has 2 aliphatic heterocycles. The van der Waals surface area contributed by atoms with Crippen molar-refractivity contribution < 1.29 is 64.6 Å². The van der Waals surface area contributed by atoms with Gasteiger partial charge < -0.3 is 65.1 Å². The second-order valence-electron chi connectivity index (χ2n) is 29.2. The van der Waals surface area contributed by atoms with E-state index >= 15 is 0 Å². The van der Waals surface area contributed by atoms with E-state index in [0.717, 1.165) is 64.2 Å². The number of hydrogen-bond donors (Lipinski definition) is 9. The molecule has 0 saturated carbocycles. The van der Waals surface area contributed by atoms with E-state index in [1.165, 1.54) is 263 Å². The molecule has 1 amide bonds. The van der Waals surface area contributed by atoms with E-state index in [0.29, 0.717) is 12.8 Å². The number of hydrogen-bond acceptors (Lipinski definition) is 13. The third-order valence-electron chi connectivity index (χ3n) is 20.1. The molecule has 2 aliphatic rings. The molecular weight excluding hydrogens is 1250 g/mol. The van der Waals surface area contributed by atoms with Crippen LogP contribution in [-0.4, -0.2) is 140 Å². The van der Waals surface area contributed by atoms with Crippen molar-refractivity contribution in [3.63, 3.8) is 0 Å². The molecule has 582 valence electrons. The first-order valence-electron chi connectivity index (χ1n) is 41.8. The normalized spacial score (nSPS) is 22.3. The third kappa shape index (κ3) is 51.4. The average Bonchev–Trinajstić information content (AvgIpc) is 0.791. The highest BCUT2D eigenvalue weighted by molar-refractivity contribution is 5.76. The van der Waals surface area contributed by atoms with Gasteiger partial charge in [-0.1, -0.05) is 362 Å². The molecule has 0 aromatic heterocycles. The van der Waals surface area contributed by atoms with Gasteiger partial charge in [0.25, 0.3) is 0 Å². The van der Waals surface area contributed by atoms with E-state index in [2.05, 4.69) is 92.1 Å². The molecule has 2 fully saturated rings. The molecule has 14 nitrogen and oxygen atoms in total. The zero-order valence-electron chi connectivity index (χ0n) is 63.9. The Balaban J connectivity index is 1.60. The van der Waals surface area contributed by atoms with Gasteiger partial charge in [0, 0.05) is 6.42 Å². The van der Waals surface area contributed by atoms with Crippen LogP contribution >= 0.6 is 0 Å². The molecule has 0 radical (unpaired) electrons. The van der Waals surface area contributed by atoms with Crippen molar-refractivity contribution >= 4 is 5.91 Å². The summed E-state index contributed by atoms with van der Waals surface area (Å²) in [4.78, 5) is 13.4. The maximum absolute atomic E-state index is 13.4. The van der Waals surface area contributed by atoms with Gasteiger partial charge >= 0.3 is 0 Å². The van der Waals surface area contributed by atoms with E-state index in [4.69, 9.17) is 18.9 Å². The summed E-state index contributed by atoms with van der Waals surface area (Å²) in [6.07, 6.45) is 81.1. The molecule has 0 spiro atoms. The Labute approximate surface area is 611 Å². The summed E-state index contributed by atoms with van der Waals surface area (Å²) in [7, 11) is 0. The Bertz CT molecular complexity index is 2010. The van der Waals surface area contributed by atoms with Gasteiger partial charge in [-0.15, -0.1) is 0 Å². The first-order chi connectivity index (χ1) is 49.1. The summed E-state index contributed by atoms with van der Waals surface area (Å²) in [6.45, 7) is 2.72. The zero-order chi connectivity index (χ0) is 72.2. The van der Waals surface area contributed by atoms with Crippen LogP contribution in [0.1, 0.15) is 361 Å². The Morgan fingerprint density at radius 2 is 0.700 bits per heavy atom. The minimum Gasteiger partial charge on any atom is -0.394 e. The van der Waals surface area contributed by atoms with Gasteiger partial charge in [0.05, 0.1) is 32.0 Å². The third-order valence-corrected chi connectivity index (χ3v) is 20.1. The summed E-state index contributed by atoms with van der Waals surface area (Å²) in [5.74, 6) is -0.244. The Morgan fingerprint density at radius 3 is 1.10 bits per heavy atom. The molecule has 12 atom stereocenters. The van der Waals surface area contributed by atoms with Gasteiger partial charge in [-0.2, -0.15) is 0 Å². The summed E-state index contributed by atoms with van der Waals surface area (Å²) in [6, 6.07) is -0.936. The molecular formula is C86H155NO13. The lowest BCUT2D eigenvalue weighted by molar-refractivity contribution is -0.359. The number of allylic oxidation sites excluding steroid dienone is 13. The summed E-state index contributed by atoms with van der Waals surface area (Å²) >= 11 is 0. The number of rotatable bonds is 70. The molecule has 0 aromatic carbocycles. The van der Waals surface area contributed by atoms with Crippen LogP contribution in [0.5, 0.6) is 0 Å². The smallest absolute Gasteiger partial charge is 0.220 e. The Kier molecular flexibility index (Phi) is 64.6. The maximum Gasteiger partial charge on any atom is 0.220 e. The van der Waals surface area contributed by atoms with Gasteiger partial charge in [0.15, 0.2) is 12.6 Å². The molecule has 14 heteroatoms. The second-order valence-corrected chi connectivity index (χ2v) is 29.2. The molecule has 0 aromatic rings. The second kappa shape index (κ2) is 69.2. The summed E-state index contributed by atoms with van der Waals surface area (Å²) < 4.78 is 22.9. The van der Waals surface area contributed by atoms with Crippen molar-refractivity contribution in [3.8, 4) is 0 Å². The van der Waals surface area contributed by atoms with Crippen molar-refractivity contribution in [1.29, 1.82) is 0 Å². The number of nitrogens with one attached hydrogen (secondary N) is 1. The molecule has 0 bridgehead atoms. The number of unbranched alkanes of at least 4 members (excludes halogenated alkanes) is 45. The molecule has 2 rings (SSSR count). The number of aliphatic hydroxyl groups is 8. The first-order valence-corrected chi connectivity index (χ1v) is 41.8. The highest BCUT2D eigenvalue weighted by atomic mass is 16.7. The van der Waals surface area contributed by atoms with E-state index < -0.39 is 86.8 Å². The topological polar surface area (TPSA) is 228 Å². The number of aliphatic hydroxyl groups excluding tert-OH is 8. The first kappa shape index (κ1) is 93.3. The van der Waals surface area contributed by atoms with Crippen LogP contribution in [0.25, 0.3) is 0 Å². The SMILES string of the molecule is CC/C=C\C/C=C\C/C=C\C/C=C\C/C=C\CCCCCCCCCCCCCCCCCCCCCCCC(=O)NC(COC1OC(CO)C(OC2OC(CO)C(O)C(O)C2O)C(O)C1O)C(O)/C=C/CC/C=C/CCCCCCCCCCCCCCCCCCCCCCCCC.